The number of aliphatic hydroxyl groups excluding tert-OH is 2. The van der Waals surface area contributed by atoms with Gasteiger partial charge in [-0.1, -0.05) is 18.2 Å². The summed E-state index contributed by atoms with van der Waals surface area (Å²) in [5, 5.41) is 47.9. The van der Waals surface area contributed by atoms with Gasteiger partial charge in [-0.25, -0.2) is 0 Å². The van der Waals surface area contributed by atoms with Crippen LogP contribution in [0.15, 0.2) is 83.3 Å². The van der Waals surface area contributed by atoms with Crippen LogP contribution in [0, 0.1) is 11.8 Å². The van der Waals surface area contributed by atoms with Crippen molar-refractivity contribution in [3.05, 3.63) is 100 Å². The summed E-state index contributed by atoms with van der Waals surface area (Å²) in [6.45, 7) is 0. The number of carbonyl (C=O) groups excluding carboxylic acids is 4. The van der Waals surface area contributed by atoms with Crippen LogP contribution in [0.25, 0.3) is 11.1 Å². The molecule has 12 heteroatoms. The van der Waals surface area contributed by atoms with Crippen LogP contribution in [0.4, 0.5) is 5.69 Å². The van der Waals surface area contributed by atoms with Crippen LogP contribution in [0.3, 0.4) is 0 Å². The number of hydrogen-bond acceptors (Lipinski definition) is 10. The van der Waals surface area contributed by atoms with Crippen molar-refractivity contribution in [2.45, 2.75) is 24.5 Å². The molecule has 12 nitrogen and oxygen atoms in total. The van der Waals surface area contributed by atoms with E-state index in [-0.39, 0.29) is 35.6 Å². The summed E-state index contributed by atoms with van der Waals surface area (Å²) in [7, 11) is 4.69. The number of phenols is 1. The number of methoxy groups -OCH3 is 1. The number of likely N-dealkylation sites (N-methyl/N-ethyl adjacent to an activating group) is 1. The molecule has 0 heterocycles. The number of primary amides is 1. The van der Waals surface area contributed by atoms with Gasteiger partial charge >= 0.3 is 0 Å². The van der Waals surface area contributed by atoms with Gasteiger partial charge in [-0.3, -0.25) is 24.1 Å². The molecule has 0 saturated heterocycles. The van der Waals surface area contributed by atoms with Crippen LogP contribution in [0.2, 0.25) is 0 Å². The van der Waals surface area contributed by atoms with Crippen molar-refractivity contribution in [2.75, 3.05) is 26.5 Å². The van der Waals surface area contributed by atoms with Crippen LogP contribution in [-0.4, -0.2) is 81.6 Å². The molecule has 2 amide bonds. The lowest BCUT2D eigenvalue weighted by Gasteiger charge is -2.50. The highest BCUT2D eigenvalue weighted by Crippen LogP contribution is 2.53. The van der Waals surface area contributed by atoms with Crippen molar-refractivity contribution in [1.82, 2.24) is 4.90 Å². The van der Waals surface area contributed by atoms with E-state index >= 15 is 0 Å². The van der Waals surface area contributed by atoms with Crippen LogP contribution in [0.5, 0.6) is 11.5 Å². The van der Waals surface area contributed by atoms with E-state index < -0.39 is 58.0 Å². The van der Waals surface area contributed by atoms with Crippen molar-refractivity contribution in [3.63, 3.8) is 0 Å². The average Bonchev–Trinajstić information content (AvgIpc) is 3.03. The molecule has 3 aliphatic carbocycles. The lowest BCUT2D eigenvalue weighted by atomic mass is 9.58. The number of phenolic OH excluding ortho intramolecular Hbond substituents is 1. The molecule has 0 saturated carbocycles. The number of allylic oxidation sites excluding steroid dienone is 1. The molecular weight excluding hydrogens is 606 g/mol. The molecule has 0 fully saturated rings. The van der Waals surface area contributed by atoms with E-state index in [1.165, 1.54) is 18.1 Å². The highest BCUT2D eigenvalue weighted by molar-refractivity contribution is 6.25. The second-order valence-corrected chi connectivity index (χ2v) is 12.2. The van der Waals surface area contributed by atoms with E-state index in [0.717, 1.165) is 0 Å². The van der Waals surface area contributed by atoms with E-state index in [1.54, 1.807) is 68.7 Å². The van der Waals surface area contributed by atoms with Crippen LogP contribution < -0.4 is 15.8 Å². The summed E-state index contributed by atoms with van der Waals surface area (Å²) in [5.74, 6) is -6.74. The fraction of sp³-hybridized carbons (Fsp3) is 0.257. The molecule has 0 aliphatic heterocycles. The van der Waals surface area contributed by atoms with Crippen LogP contribution >= 0.6 is 0 Å². The minimum absolute atomic E-state index is 0.0167. The first kappa shape index (κ1) is 31.5. The summed E-state index contributed by atoms with van der Waals surface area (Å²) in [6.07, 6.45) is 0.130. The molecule has 4 atom stereocenters. The highest BCUT2D eigenvalue weighted by Gasteiger charge is 2.63. The van der Waals surface area contributed by atoms with Gasteiger partial charge in [-0.05, 0) is 92.0 Å². The molecule has 6 rings (SSSR count). The fourth-order valence-electron chi connectivity index (χ4n) is 7.20. The molecule has 3 aromatic carbocycles. The molecule has 242 valence electrons. The molecular formula is C35H33N3O9. The zero-order valence-electron chi connectivity index (χ0n) is 25.8. The van der Waals surface area contributed by atoms with E-state index in [1.807, 2.05) is 0 Å². The fourth-order valence-corrected chi connectivity index (χ4v) is 7.20. The zero-order valence-corrected chi connectivity index (χ0v) is 25.8. The SMILES string of the molecule is COc1ccc(C(=O)Nc2ccc(-c3ccc(O)c4c3C[C@@H]3C[C@@H]5[C@@H](N(C)C)C(O)=C(C(N)=O)C(=O)[C@@]5(O)C(O)=C3C4=O)cc2)cc1. The van der Waals surface area contributed by atoms with E-state index in [0.29, 0.717) is 33.7 Å². The maximum atomic E-state index is 14.0. The van der Waals surface area contributed by atoms with Gasteiger partial charge in [0.25, 0.3) is 11.8 Å². The Morgan fingerprint density at radius 3 is 2.23 bits per heavy atom. The van der Waals surface area contributed by atoms with Crippen molar-refractivity contribution in [1.29, 1.82) is 0 Å². The molecule has 7 N–H and O–H groups in total. The predicted molar refractivity (Wildman–Crippen MR) is 170 cm³/mol. The molecule has 47 heavy (non-hydrogen) atoms. The maximum Gasteiger partial charge on any atom is 0.255 e. The number of ketones is 2. The number of Topliss-reactive ketones (excluding diaryl/α,β-unsaturated/α-hetero) is 2. The summed E-state index contributed by atoms with van der Waals surface area (Å²) in [5.41, 5.74) is 4.30. The van der Waals surface area contributed by atoms with Crippen molar-refractivity contribution in [3.8, 4) is 22.6 Å². The normalized spacial score (nSPS) is 23.6. The molecule has 0 bridgehead atoms. The second-order valence-electron chi connectivity index (χ2n) is 12.2. The molecule has 3 aromatic rings. The Morgan fingerprint density at radius 2 is 1.64 bits per heavy atom. The number of nitrogens with two attached hydrogens (primary N) is 1. The van der Waals surface area contributed by atoms with Gasteiger partial charge in [0.1, 0.15) is 28.6 Å². The molecule has 3 aliphatic rings. The van der Waals surface area contributed by atoms with Gasteiger partial charge in [0.15, 0.2) is 11.4 Å². The Kier molecular flexibility index (Phi) is 7.65. The van der Waals surface area contributed by atoms with E-state index in [4.69, 9.17) is 10.5 Å². The lowest BCUT2D eigenvalue weighted by molar-refractivity contribution is -0.148. The summed E-state index contributed by atoms with van der Waals surface area (Å²) in [6, 6.07) is 15.5. The van der Waals surface area contributed by atoms with Crippen molar-refractivity contribution >= 4 is 29.1 Å². The summed E-state index contributed by atoms with van der Waals surface area (Å²) >= 11 is 0. The van der Waals surface area contributed by atoms with Gasteiger partial charge in [-0.2, -0.15) is 0 Å². The first-order valence-corrected chi connectivity index (χ1v) is 14.8. The number of carbonyl (C=O) groups is 4. The molecule has 0 aromatic heterocycles. The Hall–Kier alpha value is -5.46. The van der Waals surface area contributed by atoms with Gasteiger partial charge in [0, 0.05) is 22.7 Å². The number of aromatic hydroxyl groups is 1. The third-order valence-corrected chi connectivity index (χ3v) is 9.41. The Bertz CT molecular complexity index is 1910. The lowest BCUT2D eigenvalue weighted by Crippen LogP contribution is -2.63. The number of nitrogens with one attached hydrogen (secondary N) is 1. The first-order chi connectivity index (χ1) is 22.3. The minimum atomic E-state index is -2.70. The molecule has 0 radical (unpaired) electrons. The Balaban J connectivity index is 1.37. The van der Waals surface area contributed by atoms with Gasteiger partial charge in [-0.15, -0.1) is 0 Å². The summed E-state index contributed by atoms with van der Waals surface area (Å²) in [4.78, 5) is 53.9. The van der Waals surface area contributed by atoms with Crippen LogP contribution in [-0.2, 0) is 16.0 Å². The monoisotopic (exact) mass is 639 g/mol. The number of anilines is 1. The smallest absolute Gasteiger partial charge is 0.255 e. The number of nitrogens with zero attached hydrogens (tertiary/aromatic N) is 1. The number of fused-ring (bicyclic) bond motifs is 3. The third-order valence-electron chi connectivity index (χ3n) is 9.41. The zero-order chi connectivity index (χ0) is 33.9. The standard InChI is InChI=1S/C35H33N3O9/c1-38(2)28-23-15-18-14-22-21(16-4-8-19(9-5-16)37-34(45)17-6-10-20(47-3)11-7-17)12-13-24(39)26(22)29(40)25(18)31(42)35(23,46)32(43)27(30(28)41)33(36)44/h4-13,18,23,28,39,41-42,46H,14-15H2,1-3H3,(H2,36,44)(H,37,45)/t18-,23-,28-,35+/m1/s1. The number of aliphatic hydroxyl groups is 3. The Labute approximate surface area is 269 Å². The average molecular weight is 640 g/mol. The van der Waals surface area contributed by atoms with Crippen LogP contribution in [0.1, 0.15) is 32.7 Å². The van der Waals surface area contributed by atoms with Gasteiger partial charge in [0.2, 0.25) is 5.78 Å². The topological polar surface area (TPSA) is 200 Å². The minimum Gasteiger partial charge on any atom is -0.510 e. The molecule has 0 unspecified atom stereocenters. The maximum absolute atomic E-state index is 14.0. The number of rotatable bonds is 6. The quantitative estimate of drug-likeness (QED) is 0.218. The van der Waals surface area contributed by atoms with Gasteiger partial charge in [0.05, 0.1) is 18.7 Å². The predicted octanol–water partition coefficient (Wildman–Crippen LogP) is 3.05. The van der Waals surface area contributed by atoms with Crippen molar-refractivity contribution in [2.24, 2.45) is 17.6 Å². The first-order valence-electron chi connectivity index (χ1n) is 14.8. The number of ether oxygens (including phenoxy) is 1. The second kappa shape index (κ2) is 11.4. The summed E-state index contributed by atoms with van der Waals surface area (Å²) < 4.78 is 5.14. The number of amides is 2. The van der Waals surface area contributed by atoms with Gasteiger partial charge < -0.3 is 36.2 Å². The third kappa shape index (κ3) is 4.84. The largest absolute Gasteiger partial charge is 0.510 e. The Morgan fingerprint density at radius 1 is 0.979 bits per heavy atom. The van der Waals surface area contributed by atoms with E-state index in [2.05, 4.69) is 5.32 Å². The highest BCUT2D eigenvalue weighted by atomic mass is 16.5. The van der Waals surface area contributed by atoms with E-state index in [9.17, 15) is 39.6 Å². The number of benzene rings is 3. The number of hydrogen-bond donors (Lipinski definition) is 6. The molecule has 0 spiro atoms. The van der Waals surface area contributed by atoms with Crippen molar-refractivity contribution < 1.29 is 44.3 Å².